The van der Waals surface area contributed by atoms with Crippen LogP contribution in [0.2, 0.25) is 0 Å². The fraction of sp³-hybridized carbons (Fsp3) is 0.625. The van der Waals surface area contributed by atoms with E-state index in [4.69, 9.17) is 10.5 Å². The highest BCUT2D eigenvalue weighted by Gasteiger charge is 2.25. The lowest BCUT2D eigenvalue weighted by Gasteiger charge is -2.29. The topological polar surface area (TPSA) is 47.3 Å². The average Bonchev–Trinajstić information content (AvgIpc) is 2.34. The van der Waals surface area contributed by atoms with Crippen LogP contribution in [0.4, 0.5) is 0 Å². The zero-order valence-electron chi connectivity index (χ0n) is 13.0. The van der Waals surface area contributed by atoms with E-state index in [0.29, 0.717) is 0 Å². The lowest BCUT2D eigenvalue weighted by atomic mass is 9.82. The van der Waals surface area contributed by atoms with Crippen molar-refractivity contribution in [3.8, 4) is 5.75 Å². The summed E-state index contributed by atoms with van der Waals surface area (Å²) < 4.78 is 5.60. The van der Waals surface area contributed by atoms with E-state index < -0.39 is 0 Å². The van der Waals surface area contributed by atoms with Crippen molar-refractivity contribution < 1.29 is 4.74 Å². The van der Waals surface area contributed by atoms with Crippen LogP contribution in [0.1, 0.15) is 37.0 Å². The summed E-state index contributed by atoms with van der Waals surface area (Å²) in [7, 11) is 1.75. The standard InChI is InChI=1S/C16H28N2O/c1-12-9-13(2)15(19-5)14(10-12)16(3,4)11-18-8-6-7-17/h9-10,18H,6-8,11,17H2,1-5H3. The Balaban J connectivity index is 2.93. The molecular weight excluding hydrogens is 236 g/mol. The smallest absolute Gasteiger partial charge is 0.125 e. The first-order chi connectivity index (χ1) is 8.92. The third-order valence-corrected chi connectivity index (χ3v) is 3.48. The van der Waals surface area contributed by atoms with E-state index in [1.165, 1.54) is 16.7 Å². The second-order valence-corrected chi connectivity index (χ2v) is 5.87. The number of nitrogens with two attached hydrogens (primary N) is 1. The van der Waals surface area contributed by atoms with E-state index in [1.807, 2.05) is 0 Å². The first kappa shape index (κ1) is 16.0. The minimum atomic E-state index is 0.0384. The molecule has 0 unspecified atom stereocenters. The molecule has 0 heterocycles. The molecule has 0 aliphatic carbocycles. The van der Waals surface area contributed by atoms with Crippen LogP contribution in [0.3, 0.4) is 0 Å². The van der Waals surface area contributed by atoms with Gasteiger partial charge >= 0.3 is 0 Å². The highest BCUT2D eigenvalue weighted by Crippen LogP contribution is 2.34. The van der Waals surface area contributed by atoms with Gasteiger partial charge < -0.3 is 15.8 Å². The van der Waals surface area contributed by atoms with Gasteiger partial charge in [-0.2, -0.15) is 0 Å². The van der Waals surface area contributed by atoms with E-state index in [9.17, 15) is 0 Å². The van der Waals surface area contributed by atoms with Crippen LogP contribution in [-0.2, 0) is 5.41 Å². The maximum absolute atomic E-state index is 5.60. The SMILES string of the molecule is COc1c(C)cc(C)cc1C(C)(C)CNCCCN. The van der Waals surface area contributed by atoms with Gasteiger partial charge in [0.05, 0.1) is 7.11 Å². The number of ether oxygens (including phenoxy) is 1. The second-order valence-electron chi connectivity index (χ2n) is 5.87. The lowest BCUT2D eigenvalue weighted by Crippen LogP contribution is -2.34. The van der Waals surface area contributed by atoms with Crippen molar-refractivity contribution in [3.63, 3.8) is 0 Å². The predicted molar refractivity (Wildman–Crippen MR) is 82.0 cm³/mol. The summed E-state index contributed by atoms with van der Waals surface area (Å²) in [6, 6.07) is 4.40. The third-order valence-electron chi connectivity index (χ3n) is 3.48. The Labute approximate surface area is 117 Å². The van der Waals surface area contributed by atoms with Gasteiger partial charge in [-0.15, -0.1) is 0 Å². The van der Waals surface area contributed by atoms with Gasteiger partial charge in [0.2, 0.25) is 0 Å². The first-order valence-electron chi connectivity index (χ1n) is 6.99. The predicted octanol–water partition coefficient (Wildman–Crippen LogP) is 2.53. The molecule has 1 aromatic rings. The maximum Gasteiger partial charge on any atom is 0.125 e. The first-order valence-corrected chi connectivity index (χ1v) is 6.99. The minimum Gasteiger partial charge on any atom is -0.496 e. The number of hydrogen-bond donors (Lipinski definition) is 2. The van der Waals surface area contributed by atoms with Gasteiger partial charge in [-0.1, -0.05) is 31.5 Å². The van der Waals surface area contributed by atoms with Gasteiger partial charge in [0.25, 0.3) is 0 Å². The van der Waals surface area contributed by atoms with E-state index in [-0.39, 0.29) is 5.41 Å². The van der Waals surface area contributed by atoms with Crippen LogP contribution in [0.15, 0.2) is 12.1 Å². The van der Waals surface area contributed by atoms with Gasteiger partial charge in [-0.05, 0) is 38.9 Å². The Hall–Kier alpha value is -1.06. The van der Waals surface area contributed by atoms with Crippen LogP contribution < -0.4 is 15.8 Å². The van der Waals surface area contributed by atoms with Crippen molar-refractivity contribution in [3.05, 3.63) is 28.8 Å². The molecule has 0 atom stereocenters. The number of hydrogen-bond acceptors (Lipinski definition) is 3. The Kier molecular flexibility index (Phi) is 5.83. The zero-order valence-corrected chi connectivity index (χ0v) is 13.0. The summed E-state index contributed by atoms with van der Waals surface area (Å²) in [4.78, 5) is 0. The highest BCUT2D eigenvalue weighted by molar-refractivity contribution is 5.47. The Morgan fingerprint density at radius 3 is 2.53 bits per heavy atom. The molecule has 108 valence electrons. The van der Waals surface area contributed by atoms with E-state index in [0.717, 1.165) is 31.8 Å². The van der Waals surface area contributed by atoms with E-state index >= 15 is 0 Å². The molecule has 0 fully saturated rings. The normalized spacial score (nSPS) is 11.7. The number of nitrogens with one attached hydrogen (secondary N) is 1. The van der Waals surface area contributed by atoms with E-state index in [2.05, 4.69) is 45.1 Å². The Bertz CT molecular complexity index is 413. The van der Waals surface area contributed by atoms with Crippen LogP contribution in [0.25, 0.3) is 0 Å². The zero-order chi connectivity index (χ0) is 14.5. The van der Waals surface area contributed by atoms with Crippen molar-refractivity contribution in [2.45, 2.75) is 39.5 Å². The van der Waals surface area contributed by atoms with Crippen LogP contribution in [0.5, 0.6) is 5.75 Å². The van der Waals surface area contributed by atoms with Crippen molar-refractivity contribution in [2.24, 2.45) is 5.73 Å². The molecule has 1 aromatic carbocycles. The molecule has 3 N–H and O–H groups in total. The molecule has 0 radical (unpaired) electrons. The highest BCUT2D eigenvalue weighted by atomic mass is 16.5. The largest absolute Gasteiger partial charge is 0.496 e. The maximum atomic E-state index is 5.60. The van der Waals surface area contributed by atoms with Gasteiger partial charge in [0.1, 0.15) is 5.75 Å². The number of aryl methyl sites for hydroxylation is 2. The molecule has 0 amide bonds. The summed E-state index contributed by atoms with van der Waals surface area (Å²) in [5.41, 5.74) is 9.31. The minimum absolute atomic E-state index is 0.0384. The number of benzene rings is 1. The van der Waals surface area contributed by atoms with Gasteiger partial charge in [-0.25, -0.2) is 0 Å². The van der Waals surface area contributed by atoms with Crippen molar-refractivity contribution in [1.82, 2.24) is 5.32 Å². The molecule has 3 nitrogen and oxygen atoms in total. The quantitative estimate of drug-likeness (QED) is 0.744. The van der Waals surface area contributed by atoms with Crippen molar-refractivity contribution in [2.75, 3.05) is 26.7 Å². The fourth-order valence-electron chi connectivity index (χ4n) is 2.45. The summed E-state index contributed by atoms with van der Waals surface area (Å²) in [5.74, 6) is 1.01. The van der Waals surface area contributed by atoms with E-state index in [1.54, 1.807) is 7.11 Å². The summed E-state index contributed by atoms with van der Waals surface area (Å²) in [6.07, 6.45) is 1.01. The molecule has 0 aliphatic rings. The van der Waals surface area contributed by atoms with Crippen LogP contribution in [0, 0.1) is 13.8 Å². The summed E-state index contributed by atoms with van der Waals surface area (Å²) in [5, 5.41) is 3.48. The molecular formula is C16H28N2O. The number of rotatable bonds is 7. The molecule has 0 saturated heterocycles. The average molecular weight is 264 g/mol. The van der Waals surface area contributed by atoms with Gasteiger partial charge in [-0.3, -0.25) is 0 Å². The number of methoxy groups -OCH3 is 1. The monoisotopic (exact) mass is 264 g/mol. The molecule has 1 rings (SSSR count). The molecule has 0 aromatic heterocycles. The molecule has 19 heavy (non-hydrogen) atoms. The fourth-order valence-corrected chi connectivity index (χ4v) is 2.45. The third kappa shape index (κ3) is 4.22. The molecule has 3 heteroatoms. The Morgan fingerprint density at radius 1 is 1.26 bits per heavy atom. The Morgan fingerprint density at radius 2 is 1.95 bits per heavy atom. The van der Waals surface area contributed by atoms with Gasteiger partial charge in [0, 0.05) is 17.5 Å². The summed E-state index contributed by atoms with van der Waals surface area (Å²) >= 11 is 0. The molecule has 0 aliphatic heterocycles. The molecule has 0 spiro atoms. The molecule has 0 bridgehead atoms. The molecule has 0 saturated carbocycles. The van der Waals surface area contributed by atoms with Crippen molar-refractivity contribution >= 4 is 0 Å². The second kappa shape index (κ2) is 6.92. The lowest BCUT2D eigenvalue weighted by molar-refractivity contribution is 0.382. The van der Waals surface area contributed by atoms with Crippen LogP contribution >= 0.6 is 0 Å². The summed E-state index contributed by atoms with van der Waals surface area (Å²) in [6.45, 7) is 11.4. The van der Waals surface area contributed by atoms with Gasteiger partial charge in [0.15, 0.2) is 0 Å². The van der Waals surface area contributed by atoms with Crippen LogP contribution in [-0.4, -0.2) is 26.7 Å². The van der Waals surface area contributed by atoms with Crippen molar-refractivity contribution in [1.29, 1.82) is 0 Å².